The van der Waals surface area contributed by atoms with Crippen LogP contribution in [0.25, 0.3) is 0 Å². The summed E-state index contributed by atoms with van der Waals surface area (Å²) in [5.41, 5.74) is 0. The quantitative estimate of drug-likeness (QED) is 0.834. The molecular weight excluding hydrogens is 325 g/mol. The van der Waals surface area contributed by atoms with E-state index in [4.69, 9.17) is 28.3 Å². The average molecular weight is 340 g/mol. The van der Waals surface area contributed by atoms with E-state index >= 15 is 0 Å². The van der Waals surface area contributed by atoms with Crippen molar-refractivity contribution in [1.29, 1.82) is 0 Å². The maximum Gasteiger partial charge on any atom is 0.322 e. The third-order valence-corrected chi connectivity index (χ3v) is 5.34. The fraction of sp³-hybridized carbons (Fsp3) is 0.417. The molecule has 2 atom stereocenters. The van der Waals surface area contributed by atoms with Crippen molar-refractivity contribution < 1.29 is 18.3 Å². The van der Waals surface area contributed by atoms with Crippen LogP contribution in [0.15, 0.2) is 23.1 Å². The molecule has 0 saturated carbocycles. The Bertz CT molecular complexity index is 583. The Morgan fingerprint density at radius 2 is 1.85 bits per heavy atom. The second kappa shape index (κ2) is 6.76. The number of carbonyl (C=O) groups is 1. The van der Waals surface area contributed by atoms with Gasteiger partial charge < -0.3 is 5.11 Å². The maximum atomic E-state index is 12.3. The number of benzene rings is 1. The number of carboxylic acids is 1. The highest BCUT2D eigenvalue weighted by atomic mass is 35.5. The van der Waals surface area contributed by atoms with Crippen LogP contribution in [-0.2, 0) is 14.8 Å². The minimum absolute atomic E-state index is 0.0571. The number of aliphatic carboxylic acids is 1. The Hall–Kier alpha value is -0.820. The normalized spacial score (nSPS) is 14.8. The Kier molecular flexibility index (Phi) is 5.82. The van der Waals surface area contributed by atoms with Crippen LogP contribution in [0.1, 0.15) is 20.3 Å². The van der Waals surface area contributed by atoms with Crippen LogP contribution in [0.2, 0.25) is 10.0 Å². The predicted molar refractivity (Wildman–Crippen MR) is 77.7 cm³/mol. The summed E-state index contributed by atoms with van der Waals surface area (Å²) in [4.78, 5) is 10.9. The van der Waals surface area contributed by atoms with Gasteiger partial charge in [0.25, 0.3) is 0 Å². The molecule has 1 aromatic rings. The SMILES string of the molecule is CCC(C)[C@H](NS(=O)(=O)c1c(Cl)cccc1Cl)C(=O)O. The van der Waals surface area contributed by atoms with Gasteiger partial charge in [-0.1, -0.05) is 49.5 Å². The molecule has 0 radical (unpaired) electrons. The fourth-order valence-corrected chi connectivity index (χ4v) is 4.05. The summed E-state index contributed by atoms with van der Waals surface area (Å²) in [6.07, 6.45) is 0.510. The van der Waals surface area contributed by atoms with E-state index in [2.05, 4.69) is 4.72 Å². The number of hydrogen-bond acceptors (Lipinski definition) is 3. The zero-order valence-electron chi connectivity index (χ0n) is 10.9. The van der Waals surface area contributed by atoms with Crippen molar-refractivity contribution in [3.8, 4) is 0 Å². The van der Waals surface area contributed by atoms with Crippen LogP contribution >= 0.6 is 23.2 Å². The van der Waals surface area contributed by atoms with E-state index in [1.165, 1.54) is 18.2 Å². The number of rotatable bonds is 6. The van der Waals surface area contributed by atoms with Gasteiger partial charge in [-0.25, -0.2) is 8.42 Å². The molecular formula is C12H15Cl2NO4S. The van der Waals surface area contributed by atoms with Gasteiger partial charge in [0.15, 0.2) is 0 Å². The molecule has 0 aliphatic carbocycles. The second-order valence-corrected chi connectivity index (χ2v) is 6.84. The lowest BCUT2D eigenvalue weighted by Crippen LogP contribution is -2.45. The molecule has 0 bridgehead atoms. The molecule has 0 fully saturated rings. The number of carboxylic acid groups (broad SMARTS) is 1. The van der Waals surface area contributed by atoms with Crippen molar-refractivity contribution in [2.45, 2.75) is 31.2 Å². The monoisotopic (exact) mass is 339 g/mol. The lowest BCUT2D eigenvalue weighted by atomic mass is 10.0. The Morgan fingerprint density at radius 3 is 2.25 bits per heavy atom. The lowest BCUT2D eigenvalue weighted by molar-refractivity contribution is -0.140. The Labute approximate surface area is 127 Å². The van der Waals surface area contributed by atoms with Gasteiger partial charge in [0.05, 0.1) is 10.0 Å². The van der Waals surface area contributed by atoms with Crippen molar-refractivity contribution in [3.63, 3.8) is 0 Å². The van der Waals surface area contributed by atoms with Gasteiger partial charge >= 0.3 is 5.97 Å². The molecule has 1 rings (SSSR count). The summed E-state index contributed by atoms with van der Waals surface area (Å²) in [6.45, 7) is 3.42. The van der Waals surface area contributed by atoms with E-state index < -0.39 is 22.0 Å². The summed E-state index contributed by atoms with van der Waals surface area (Å²) in [6, 6.07) is 3.02. The van der Waals surface area contributed by atoms with E-state index in [-0.39, 0.29) is 20.9 Å². The molecule has 2 N–H and O–H groups in total. The van der Waals surface area contributed by atoms with Crippen LogP contribution < -0.4 is 4.72 Å². The number of halogens is 2. The highest BCUT2D eigenvalue weighted by molar-refractivity contribution is 7.89. The number of nitrogens with one attached hydrogen (secondary N) is 1. The van der Waals surface area contributed by atoms with Crippen LogP contribution in [0.3, 0.4) is 0 Å². The standard InChI is InChI=1S/C12H15Cl2NO4S/c1-3-7(2)10(12(16)17)15-20(18,19)11-8(13)5-4-6-9(11)14/h4-7,10,15H,3H2,1-2H3,(H,16,17)/t7?,10-/m0/s1. The van der Waals surface area contributed by atoms with Crippen molar-refractivity contribution in [2.75, 3.05) is 0 Å². The van der Waals surface area contributed by atoms with Gasteiger partial charge in [-0.15, -0.1) is 0 Å². The van der Waals surface area contributed by atoms with E-state index in [0.29, 0.717) is 6.42 Å². The van der Waals surface area contributed by atoms with Gasteiger partial charge in [0, 0.05) is 0 Å². The molecule has 0 saturated heterocycles. The van der Waals surface area contributed by atoms with E-state index in [9.17, 15) is 13.2 Å². The first-order chi connectivity index (χ1) is 9.20. The molecule has 20 heavy (non-hydrogen) atoms. The summed E-state index contributed by atoms with van der Waals surface area (Å²) >= 11 is 11.7. The molecule has 0 amide bonds. The molecule has 0 aliphatic rings. The van der Waals surface area contributed by atoms with Gasteiger partial charge in [0.1, 0.15) is 10.9 Å². The third kappa shape index (κ3) is 3.85. The van der Waals surface area contributed by atoms with Crippen molar-refractivity contribution in [2.24, 2.45) is 5.92 Å². The summed E-state index contributed by atoms with van der Waals surface area (Å²) < 4.78 is 26.7. The van der Waals surface area contributed by atoms with Gasteiger partial charge in [0.2, 0.25) is 10.0 Å². The van der Waals surface area contributed by atoms with Crippen LogP contribution in [0.4, 0.5) is 0 Å². The van der Waals surface area contributed by atoms with Crippen molar-refractivity contribution in [3.05, 3.63) is 28.2 Å². The summed E-state index contributed by atoms with van der Waals surface area (Å²) in [5.74, 6) is -1.62. The van der Waals surface area contributed by atoms with Crippen molar-refractivity contribution in [1.82, 2.24) is 4.72 Å². The minimum atomic E-state index is -4.12. The zero-order valence-corrected chi connectivity index (χ0v) is 13.3. The number of sulfonamides is 1. The molecule has 112 valence electrons. The maximum absolute atomic E-state index is 12.3. The number of hydrogen-bond donors (Lipinski definition) is 2. The largest absolute Gasteiger partial charge is 0.480 e. The minimum Gasteiger partial charge on any atom is -0.480 e. The third-order valence-electron chi connectivity index (χ3n) is 2.95. The first kappa shape index (κ1) is 17.2. The van der Waals surface area contributed by atoms with E-state index in [0.717, 1.165) is 0 Å². The fourth-order valence-electron chi connectivity index (χ4n) is 1.61. The van der Waals surface area contributed by atoms with E-state index in [1.54, 1.807) is 13.8 Å². The second-order valence-electron chi connectivity index (χ2n) is 4.37. The van der Waals surface area contributed by atoms with Gasteiger partial charge in [-0.05, 0) is 18.1 Å². The summed E-state index contributed by atoms with van der Waals surface area (Å²) in [7, 11) is -4.12. The Morgan fingerprint density at radius 1 is 1.35 bits per heavy atom. The van der Waals surface area contributed by atoms with Crippen LogP contribution in [0.5, 0.6) is 0 Å². The zero-order chi connectivity index (χ0) is 15.5. The van der Waals surface area contributed by atoms with Crippen LogP contribution in [0, 0.1) is 5.92 Å². The summed E-state index contributed by atoms with van der Waals surface area (Å²) in [5, 5.41) is 9.02. The van der Waals surface area contributed by atoms with Crippen molar-refractivity contribution >= 4 is 39.2 Å². The predicted octanol–water partition coefficient (Wildman–Crippen LogP) is 2.77. The molecule has 0 spiro atoms. The molecule has 5 nitrogen and oxygen atoms in total. The molecule has 1 aromatic carbocycles. The van der Waals surface area contributed by atoms with Gasteiger partial charge in [-0.3, -0.25) is 4.79 Å². The molecule has 1 unspecified atom stereocenters. The molecule has 0 aromatic heterocycles. The van der Waals surface area contributed by atoms with E-state index in [1.807, 2.05) is 0 Å². The molecule has 0 aliphatic heterocycles. The lowest BCUT2D eigenvalue weighted by Gasteiger charge is -2.20. The van der Waals surface area contributed by atoms with Crippen LogP contribution in [-0.4, -0.2) is 25.5 Å². The Balaban J connectivity index is 3.20. The van der Waals surface area contributed by atoms with Gasteiger partial charge in [-0.2, -0.15) is 4.72 Å². The molecule has 8 heteroatoms. The highest BCUT2D eigenvalue weighted by Crippen LogP contribution is 2.29. The molecule has 0 heterocycles. The smallest absolute Gasteiger partial charge is 0.322 e. The highest BCUT2D eigenvalue weighted by Gasteiger charge is 2.31. The topological polar surface area (TPSA) is 83.5 Å². The first-order valence-electron chi connectivity index (χ1n) is 5.89. The average Bonchev–Trinajstić information content (AvgIpc) is 2.34. The first-order valence-corrected chi connectivity index (χ1v) is 8.13.